The molecule has 0 spiro atoms. The Morgan fingerprint density at radius 1 is 1.08 bits per heavy atom. The molecule has 2 aromatic carbocycles. The van der Waals surface area contributed by atoms with Crippen LogP contribution in [0.2, 0.25) is 0 Å². The Labute approximate surface area is 149 Å². The van der Waals surface area contributed by atoms with Gasteiger partial charge in [-0.2, -0.15) is 0 Å². The number of aromatic nitrogens is 1. The van der Waals surface area contributed by atoms with Crippen LogP contribution in [0.25, 0.3) is 0 Å². The number of anilines is 1. The summed E-state index contributed by atoms with van der Waals surface area (Å²) >= 11 is 1.34. The number of hydrogen-bond donors (Lipinski definition) is 2. The average molecular weight is 353 g/mol. The lowest BCUT2D eigenvalue weighted by atomic mass is 10.2. The van der Waals surface area contributed by atoms with Gasteiger partial charge in [0.05, 0.1) is 17.4 Å². The molecule has 126 valence electrons. The van der Waals surface area contributed by atoms with Gasteiger partial charge in [-0.05, 0) is 53.9 Å². The topological polar surface area (TPSA) is 54.0 Å². The number of pyridine rings is 1. The lowest BCUT2D eigenvalue weighted by molar-refractivity contribution is 0.0948. The Kier molecular flexibility index (Phi) is 5.64. The number of benzene rings is 2. The minimum Gasteiger partial charge on any atom is -0.348 e. The van der Waals surface area contributed by atoms with Gasteiger partial charge in [-0.25, -0.2) is 4.39 Å². The molecule has 0 saturated carbocycles. The molecule has 0 saturated heterocycles. The van der Waals surface area contributed by atoms with Gasteiger partial charge >= 0.3 is 0 Å². The Bertz CT molecular complexity index is 858. The normalized spacial score (nSPS) is 10.3. The fourth-order valence-electron chi connectivity index (χ4n) is 2.20. The summed E-state index contributed by atoms with van der Waals surface area (Å²) in [7, 11) is 0. The first-order chi connectivity index (χ1) is 12.2. The summed E-state index contributed by atoms with van der Waals surface area (Å²) in [5, 5.41) is 2.82. The van der Waals surface area contributed by atoms with Crippen LogP contribution < -0.4 is 10.0 Å². The van der Waals surface area contributed by atoms with E-state index in [0.717, 1.165) is 10.6 Å². The van der Waals surface area contributed by atoms with Crippen LogP contribution in [0.4, 0.5) is 10.1 Å². The van der Waals surface area contributed by atoms with Crippen molar-refractivity contribution in [2.24, 2.45) is 0 Å². The predicted molar refractivity (Wildman–Crippen MR) is 97.7 cm³/mol. The maximum absolute atomic E-state index is 13.2. The molecular weight excluding hydrogens is 337 g/mol. The van der Waals surface area contributed by atoms with E-state index in [4.69, 9.17) is 0 Å². The summed E-state index contributed by atoms with van der Waals surface area (Å²) in [5.74, 6) is -0.524. The van der Waals surface area contributed by atoms with E-state index in [-0.39, 0.29) is 18.3 Å². The Balaban J connectivity index is 1.66. The number of hydrogen-bond acceptors (Lipinski definition) is 4. The van der Waals surface area contributed by atoms with Crippen molar-refractivity contribution in [2.75, 3.05) is 4.72 Å². The molecule has 6 heteroatoms. The molecule has 1 amide bonds. The second-order valence-corrected chi connectivity index (χ2v) is 6.10. The maximum atomic E-state index is 13.2. The van der Waals surface area contributed by atoms with Crippen LogP contribution in [0.3, 0.4) is 0 Å². The van der Waals surface area contributed by atoms with Crippen molar-refractivity contribution in [3.05, 3.63) is 90.0 Å². The van der Waals surface area contributed by atoms with Gasteiger partial charge in [-0.3, -0.25) is 9.78 Å². The molecule has 25 heavy (non-hydrogen) atoms. The molecule has 3 aromatic rings. The van der Waals surface area contributed by atoms with Gasteiger partial charge < -0.3 is 10.0 Å². The zero-order chi connectivity index (χ0) is 17.5. The van der Waals surface area contributed by atoms with E-state index in [9.17, 15) is 9.18 Å². The van der Waals surface area contributed by atoms with Gasteiger partial charge in [-0.15, -0.1) is 0 Å². The molecule has 0 aliphatic carbocycles. The number of rotatable bonds is 6. The summed E-state index contributed by atoms with van der Waals surface area (Å²) in [4.78, 5) is 17.3. The first-order valence-electron chi connectivity index (χ1n) is 7.67. The molecule has 0 unspecified atom stereocenters. The van der Waals surface area contributed by atoms with Crippen LogP contribution in [-0.4, -0.2) is 10.9 Å². The molecule has 2 N–H and O–H groups in total. The summed E-state index contributed by atoms with van der Waals surface area (Å²) < 4.78 is 16.4. The van der Waals surface area contributed by atoms with E-state index in [0.29, 0.717) is 11.1 Å². The number of halogens is 1. The Morgan fingerprint density at radius 3 is 2.76 bits per heavy atom. The number of carbonyl (C=O) groups is 1. The lowest BCUT2D eigenvalue weighted by Gasteiger charge is -2.11. The Morgan fingerprint density at radius 2 is 1.96 bits per heavy atom. The van der Waals surface area contributed by atoms with E-state index in [1.807, 2.05) is 30.3 Å². The first kappa shape index (κ1) is 17.0. The highest BCUT2D eigenvalue weighted by molar-refractivity contribution is 8.00. The number of nitrogens with one attached hydrogen (secondary N) is 2. The molecule has 0 aliphatic heterocycles. The number of nitrogens with zero attached hydrogens (tertiary/aromatic N) is 1. The van der Waals surface area contributed by atoms with Gasteiger partial charge in [0.1, 0.15) is 5.82 Å². The summed E-state index contributed by atoms with van der Waals surface area (Å²) in [6.07, 6.45) is 3.41. The van der Waals surface area contributed by atoms with Crippen molar-refractivity contribution in [3.8, 4) is 0 Å². The first-order valence-corrected chi connectivity index (χ1v) is 8.48. The molecule has 1 heterocycles. The second-order valence-electron chi connectivity index (χ2n) is 5.25. The maximum Gasteiger partial charge on any atom is 0.252 e. The van der Waals surface area contributed by atoms with Gasteiger partial charge in [0.2, 0.25) is 0 Å². The van der Waals surface area contributed by atoms with Crippen LogP contribution in [0.5, 0.6) is 0 Å². The van der Waals surface area contributed by atoms with Crippen molar-refractivity contribution in [1.82, 2.24) is 10.3 Å². The summed E-state index contributed by atoms with van der Waals surface area (Å²) in [5.41, 5.74) is 2.12. The smallest absolute Gasteiger partial charge is 0.252 e. The van der Waals surface area contributed by atoms with Gasteiger partial charge in [0, 0.05) is 17.6 Å². The van der Waals surface area contributed by atoms with Crippen LogP contribution >= 0.6 is 11.9 Å². The highest BCUT2D eigenvalue weighted by Crippen LogP contribution is 2.24. The molecule has 0 bridgehead atoms. The average Bonchev–Trinajstić information content (AvgIpc) is 2.65. The van der Waals surface area contributed by atoms with Crippen LogP contribution in [0, 0.1) is 5.82 Å². The minimum atomic E-state index is -0.316. The van der Waals surface area contributed by atoms with Crippen molar-refractivity contribution in [1.29, 1.82) is 0 Å². The van der Waals surface area contributed by atoms with E-state index < -0.39 is 0 Å². The molecule has 0 aliphatic rings. The SMILES string of the molecule is O=C(NCc1cccc(F)c1)c1ccccc1SNc1cccnc1. The monoisotopic (exact) mass is 353 g/mol. The highest BCUT2D eigenvalue weighted by atomic mass is 32.2. The van der Waals surface area contributed by atoms with Crippen LogP contribution in [-0.2, 0) is 6.54 Å². The molecular formula is C19H16FN3OS. The summed E-state index contributed by atoms with van der Waals surface area (Å²) in [6.45, 7) is 0.269. The van der Waals surface area contributed by atoms with E-state index in [1.54, 1.807) is 30.6 Å². The molecule has 0 radical (unpaired) electrons. The van der Waals surface area contributed by atoms with Crippen molar-refractivity contribution in [2.45, 2.75) is 11.4 Å². The lowest BCUT2D eigenvalue weighted by Crippen LogP contribution is -2.23. The molecule has 4 nitrogen and oxygen atoms in total. The molecule has 0 fully saturated rings. The van der Waals surface area contributed by atoms with Crippen LogP contribution in [0.15, 0.2) is 78.0 Å². The standard InChI is InChI=1S/C19H16FN3OS/c20-15-6-3-5-14(11-15)12-22-19(24)17-8-1-2-9-18(17)25-23-16-7-4-10-21-13-16/h1-11,13,23H,12H2,(H,22,24). The number of carbonyl (C=O) groups excluding carboxylic acids is 1. The van der Waals surface area contributed by atoms with E-state index in [2.05, 4.69) is 15.0 Å². The van der Waals surface area contributed by atoms with Gasteiger partial charge in [0.15, 0.2) is 0 Å². The second kappa shape index (κ2) is 8.30. The summed E-state index contributed by atoms with van der Waals surface area (Å²) in [6, 6.07) is 17.2. The van der Waals surface area contributed by atoms with Crippen molar-refractivity contribution < 1.29 is 9.18 Å². The molecule has 0 atom stereocenters. The largest absolute Gasteiger partial charge is 0.348 e. The predicted octanol–water partition coefficient (Wildman–Crippen LogP) is 4.27. The minimum absolute atomic E-state index is 0.208. The van der Waals surface area contributed by atoms with Crippen molar-refractivity contribution >= 4 is 23.5 Å². The highest BCUT2D eigenvalue weighted by Gasteiger charge is 2.11. The fraction of sp³-hybridized carbons (Fsp3) is 0.0526. The quantitative estimate of drug-likeness (QED) is 0.650. The third-order valence-electron chi connectivity index (χ3n) is 3.41. The van der Waals surface area contributed by atoms with Gasteiger partial charge in [-0.1, -0.05) is 24.3 Å². The fourth-order valence-corrected chi connectivity index (χ4v) is 2.97. The van der Waals surface area contributed by atoms with E-state index in [1.165, 1.54) is 24.1 Å². The third kappa shape index (κ3) is 4.81. The van der Waals surface area contributed by atoms with Crippen molar-refractivity contribution in [3.63, 3.8) is 0 Å². The zero-order valence-corrected chi connectivity index (χ0v) is 14.1. The molecule has 1 aromatic heterocycles. The van der Waals surface area contributed by atoms with Crippen LogP contribution in [0.1, 0.15) is 15.9 Å². The van der Waals surface area contributed by atoms with Gasteiger partial charge in [0.25, 0.3) is 5.91 Å². The Hall–Kier alpha value is -2.86. The third-order valence-corrected chi connectivity index (χ3v) is 4.33. The number of amides is 1. The zero-order valence-electron chi connectivity index (χ0n) is 13.3. The molecule has 3 rings (SSSR count). The van der Waals surface area contributed by atoms with E-state index >= 15 is 0 Å².